The molecule has 0 aliphatic heterocycles. The molecule has 0 aromatic heterocycles. The van der Waals surface area contributed by atoms with E-state index in [4.69, 9.17) is 22.2 Å². The SMILES string of the molecule is COc1cccc(CC(NN)c2cccc(Cl)c2C)c1F. The maximum absolute atomic E-state index is 14.2. The van der Waals surface area contributed by atoms with Crippen LogP contribution in [0, 0.1) is 12.7 Å². The number of halogens is 2. The van der Waals surface area contributed by atoms with Crippen LogP contribution in [0.4, 0.5) is 4.39 Å². The second kappa shape index (κ2) is 6.89. The van der Waals surface area contributed by atoms with Gasteiger partial charge in [0.25, 0.3) is 0 Å². The summed E-state index contributed by atoms with van der Waals surface area (Å²) in [6.07, 6.45) is 0.403. The minimum atomic E-state index is -0.361. The molecule has 1 atom stereocenters. The van der Waals surface area contributed by atoms with Gasteiger partial charge >= 0.3 is 0 Å². The van der Waals surface area contributed by atoms with Gasteiger partial charge in [-0.15, -0.1) is 0 Å². The topological polar surface area (TPSA) is 47.3 Å². The molecule has 0 fully saturated rings. The number of methoxy groups -OCH3 is 1. The minimum absolute atomic E-state index is 0.228. The zero-order valence-corrected chi connectivity index (χ0v) is 12.7. The van der Waals surface area contributed by atoms with Crippen LogP contribution >= 0.6 is 11.6 Å². The van der Waals surface area contributed by atoms with Crippen molar-refractivity contribution in [2.75, 3.05) is 7.11 Å². The highest BCUT2D eigenvalue weighted by molar-refractivity contribution is 6.31. The summed E-state index contributed by atoms with van der Waals surface area (Å²) in [5.74, 6) is 5.51. The Morgan fingerprint density at radius 2 is 2.00 bits per heavy atom. The van der Waals surface area contributed by atoms with Crippen molar-refractivity contribution in [3.05, 3.63) is 63.9 Å². The van der Waals surface area contributed by atoms with Crippen LogP contribution in [0.3, 0.4) is 0 Å². The lowest BCUT2D eigenvalue weighted by atomic mass is 9.95. The maximum Gasteiger partial charge on any atom is 0.168 e. The largest absolute Gasteiger partial charge is 0.494 e. The predicted molar refractivity (Wildman–Crippen MR) is 82.9 cm³/mol. The fourth-order valence-corrected chi connectivity index (χ4v) is 2.53. The molecule has 5 heteroatoms. The molecule has 0 aliphatic carbocycles. The lowest BCUT2D eigenvalue weighted by Crippen LogP contribution is -2.30. The van der Waals surface area contributed by atoms with E-state index in [0.29, 0.717) is 17.0 Å². The van der Waals surface area contributed by atoms with Crippen molar-refractivity contribution >= 4 is 11.6 Å². The molecule has 0 radical (unpaired) electrons. The fourth-order valence-electron chi connectivity index (χ4n) is 2.35. The third-order valence-corrected chi connectivity index (χ3v) is 3.98. The second-order valence-electron chi connectivity index (χ2n) is 4.81. The van der Waals surface area contributed by atoms with E-state index < -0.39 is 0 Å². The zero-order chi connectivity index (χ0) is 15.4. The van der Waals surface area contributed by atoms with E-state index >= 15 is 0 Å². The second-order valence-corrected chi connectivity index (χ2v) is 5.22. The van der Waals surface area contributed by atoms with E-state index in [0.717, 1.165) is 11.1 Å². The van der Waals surface area contributed by atoms with Crippen molar-refractivity contribution in [3.8, 4) is 5.75 Å². The van der Waals surface area contributed by atoms with Gasteiger partial charge in [-0.1, -0.05) is 35.9 Å². The summed E-state index contributed by atoms with van der Waals surface area (Å²) in [6, 6.07) is 10.5. The molecule has 0 heterocycles. The van der Waals surface area contributed by atoms with Crippen LogP contribution < -0.4 is 16.0 Å². The molecule has 0 bridgehead atoms. The van der Waals surface area contributed by atoms with Crippen LogP contribution in [0.2, 0.25) is 5.02 Å². The van der Waals surface area contributed by atoms with Crippen LogP contribution in [0.1, 0.15) is 22.7 Å². The Kier molecular flexibility index (Phi) is 5.17. The van der Waals surface area contributed by atoms with Gasteiger partial charge in [-0.25, -0.2) is 4.39 Å². The van der Waals surface area contributed by atoms with Crippen LogP contribution in [0.15, 0.2) is 36.4 Å². The Hall–Kier alpha value is -1.62. The van der Waals surface area contributed by atoms with Gasteiger partial charge in [0.2, 0.25) is 0 Å². The number of nitrogens with one attached hydrogen (secondary N) is 1. The third kappa shape index (κ3) is 3.35. The first-order valence-electron chi connectivity index (χ1n) is 6.61. The molecule has 3 N–H and O–H groups in total. The molecule has 0 saturated carbocycles. The first-order chi connectivity index (χ1) is 10.1. The summed E-state index contributed by atoms with van der Waals surface area (Å²) < 4.78 is 19.2. The third-order valence-electron chi connectivity index (χ3n) is 3.57. The van der Waals surface area contributed by atoms with Gasteiger partial charge in [-0.3, -0.25) is 11.3 Å². The van der Waals surface area contributed by atoms with Crippen molar-refractivity contribution in [2.24, 2.45) is 5.84 Å². The molecule has 3 nitrogen and oxygen atoms in total. The predicted octanol–water partition coefficient (Wildman–Crippen LogP) is 3.54. The Morgan fingerprint density at radius 1 is 1.29 bits per heavy atom. The molecular weight excluding hydrogens is 291 g/mol. The average molecular weight is 309 g/mol. The Balaban J connectivity index is 2.34. The van der Waals surface area contributed by atoms with Gasteiger partial charge in [0, 0.05) is 5.02 Å². The lowest BCUT2D eigenvalue weighted by molar-refractivity contribution is 0.382. The van der Waals surface area contributed by atoms with Crippen molar-refractivity contribution in [1.82, 2.24) is 5.43 Å². The Labute approximate surface area is 128 Å². The van der Waals surface area contributed by atoms with Gasteiger partial charge in [0.15, 0.2) is 11.6 Å². The highest BCUT2D eigenvalue weighted by Gasteiger charge is 2.17. The van der Waals surface area contributed by atoms with E-state index in [9.17, 15) is 4.39 Å². The molecule has 0 amide bonds. The van der Waals surface area contributed by atoms with Gasteiger partial charge in [0.1, 0.15) is 0 Å². The fraction of sp³-hybridized carbons (Fsp3) is 0.250. The monoisotopic (exact) mass is 308 g/mol. The quantitative estimate of drug-likeness (QED) is 0.656. The Bertz CT molecular complexity index is 634. The highest BCUT2D eigenvalue weighted by atomic mass is 35.5. The summed E-state index contributed by atoms with van der Waals surface area (Å²) in [6.45, 7) is 1.92. The average Bonchev–Trinajstić information content (AvgIpc) is 2.49. The van der Waals surface area contributed by atoms with Crippen LogP contribution in [0.25, 0.3) is 0 Å². The van der Waals surface area contributed by atoms with E-state index in [2.05, 4.69) is 5.43 Å². The van der Waals surface area contributed by atoms with Crippen LogP contribution in [0.5, 0.6) is 5.75 Å². The number of hydrogen-bond acceptors (Lipinski definition) is 3. The van der Waals surface area contributed by atoms with Gasteiger partial charge in [0.05, 0.1) is 13.2 Å². The summed E-state index contributed by atoms with van der Waals surface area (Å²) >= 11 is 6.13. The number of rotatable bonds is 5. The molecular formula is C16H18ClFN2O. The molecule has 0 spiro atoms. The summed E-state index contributed by atoms with van der Waals surface area (Å²) in [5, 5.41) is 0.666. The molecule has 1 unspecified atom stereocenters. The molecule has 2 rings (SSSR count). The van der Waals surface area contributed by atoms with Crippen molar-refractivity contribution < 1.29 is 9.13 Å². The summed E-state index contributed by atoms with van der Waals surface area (Å²) in [7, 11) is 1.45. The van der Waals surface area contributed by atoms with E-state index in [1.54, 1.807) is 18.2 Å². The van der Waals surface area contributed by atoms with E-state index in [1.165, 1.54) is 7.11 Å². The van der Waals surface area contributed by atoms with Crippen molar-refractivity contribution in [2.45, 2.75) is 19.4 Å². The van der Waals surface area contributed by atoms with Crippen LogP contribution in [-0.2, 0) is 6.42 Å². The van der Waals surface area contributed by atoms with Gasteiger partial charge in [-0.05, 0) is 42.2 Å². The highest BCUT2D eigenvalue weighted by Crippen LogP contribution is 2.28. The molecule has 0 aliphatic rings. The lowest BCUT2D eigenvalue weighted by Gasteiger charge is -2.20. The first-order valence-corrected chi connectivity index (χ1v) is 6.98. The number of hydrogen-bond donors (Lipinski definition) is 2. The van der Waals surface area contributed by atoms with Gasteiger partial charge < -0.3 is 4.74 Å². The summed E-state index contributed by atoms with van der Waals surface area (Å²) in [4.78, 5) is 0. The van der Waals surface area contributed by atoms with E-state index in [-0.39, 0.29) is 17.6 Å². The number of ether oxygens (including phenoxy) is 1. The van der Waals surface area contributed by atoms with Crippen molar-refractivity contribution in [3.63, 3.8) is 0 Å². The smallest absolute Gasteiger partial charge is 0.168 e. The van der Waals surface area contributed by atoms with Gasteiger partial charge in [-0.2, -0.15) is 0 Å². The minimum Gasteiger partial charge on any atom is -0.494 e. The number of nitrogens with two attached hydrogens (primary N) is 1. The normalized spacial score (nSPS) is 12.2. The van der Waals surface area contributed by atoms with E-state index in [1.807, 2.05) is 25.1 Å². The molecule has 0 saturated heterocycles. The van der Waals surface area contributed by atoms with Crippen molar-refractivity contribution in [1.29, 1.82) is 0 Å². The van der Waals surface area contributed by atoms with Crippen LogP contribution in [-0.4, -0.2) is 7.11 Å². The maximum atomic E-state index is 14.2. The Morgan fingerprint density at radius 3 is 2.67 bits per heavy atom. The molecule has 112 valence electrons. The number of benzene rings is 2. The summed E-state index contributed by atoms with van der Waals surface area (Å²) in [5.41, 5.74) is 5.16. The number of hydrazine groups is 1. The molecule has 2 aromatic rings. The standard InChI is InChI=1S/C16H18ClFN2O/c1-10-12(6-4-7-13(10)17)14(20-19)9-11-5-3-8-15(21-2)16(11)18/h3-8,14,20H,9,19H2,1-2H3. The first kappa shape index (κ1) is 15.8. The molecule has 21 heavy (non-hydrogen) atoms. The zero-order valence-electron chi connectivity index (χ0n) is 12.0. The molecule has 2 aromatic carbocycles.